The summed E-state index contributed by atoms with van der Waals surface area (Å²) in [4.78, 5) is 24.6. The maximum absolute atomic E-state index is 13.7. The van der Waals surface area contributed by atoms with Gasteiger partial charge >= 0.3 is 0 Å². The average Bonchev–Trinajstić information content (AvgIpc) is 3.07. The highest BCUT2D eigenvalue weighted by atomic mass is 19.1. The molecule has 136 valence electrons. The Kier molecular flexibility index (Phi) is 4.85. The lowest BCUT2D eigenvalue weighted by molar-refractivity contribution is -0.384. The minimum Gasteiger partial charge on any atom is -0.393 e. The summed E-state index contributed by atoms with van der Waals surface area (Å²) in [6, 6.07) is 11.4. The highest BCUT2D eigenvalue weighted by Crippen LogP contribution is 2.34. The summed E-state index contributed by atoms with van der Waals surface area (Å²) in [6.07, 6.45) is 0. The smallest absolute Gasteiger partial charge is 0.295 e. The van der Waals surface area contributed by atoms with Gasteiger partial charge in [-0.2, -0.15) is 0 Å². The summed E-state index contributed by atoms with van der Waals surface area (Å²) < 4.78 is 13.7. The lowest BCUT2D eigenvalue weighted by atomic mass is 9.89. The molecule has 2 atom stereocenters. The summed E-state index contributed by atoms with van der Waals surface area (Å²) in [5.41, 5.74) is 11.6. The van der Waals surface area contributed by atoms with Crippen LogP contribution in [-0.4, -0.2) is 35.4 Å². The van der Waals surface area contributed by atoms with Gasteiger partial charge in [0.15, 0.2) is 0 Å². The number of nitrogen functional groups attached to an aromatic ring is 1. The van der Waals surface area contributed by atoms with Gasteiger partial charge in [-0.1, -0.05) is 30.3 Å². The molecule has 1 amide bonds. The highest BCUT2D eigenvalue weighted by Gasteiger charge is 2.37. The number of amides is 1. The predicted octanol–water partition coefficient (Wildman–Crippen LogP) is 2.13. The standard InChI is InChI=1S/C18H19FN4O3/c19-13-6-14(17(21)16(7-13)23(25)26)18(24)22-9-12(8-20)15(10-22)11-4-2-1-3-5-11/h1-7,12,15H,8-10,20-21H2/t12-,15+/m1/s1. The largest absolute Gasteiger partial charge is 0.393 e. The molecule has 2 aromatic rings. The number of rotatable bonds is 4. The molecule has 1 heterocycles. The van der Waals surface area contributed by atoms with E-state index in [1.54, 1.807) is 0 Å². The van der Waals surface area contributed by atoms with Crippen LogP contribution in [-0.2, 0) is 0 Å². The van der Waals surface area contributed by atoms with E-state index >= 15 is 0 Å². The van der Waals surface area contributed by atoms with E-state index in [0.29, 0.717) is 25.7 Å². The van der Waals surface area contributed by atoms with Gasteiger partial charge in [0.25, 0.3) is 11.6 Å². The van der Waals surface area contributed by atoms with Gasteiger partial charge in [-0.25, -0.2) is 4.39 Å². The number of likely N-dealkylation sites (tertiary alicyclic amines) is 1. The van der Waals surface area contributed by atoms with E-state index in [1.165, 1.54) is 4.90 Å². The summed E-state index contributed by atoms with van der Waals surface area (Å²) in [5, 5.41) is 11.0. The van der Waals surface area contributed by atoms with Gasteiger partial charge in [0.2, 0.25) is 0 Å². The Hall–Kier alpha value is -3.00. The fraction of sp³-hybridized carbons (Fsp3) is 0.278. The summed E-state index contributed by atoms with van der Waals surface area (Å²) in [5.74, 6) is -1.30. The zero-order chi connectivity index (χ0) is 18.8. The molecule has 26 heavy (non-hydrogen) atoms. The van der Waals surface area contributed by atoms with Crippen LogP contribution in [0.4, 0.5) is 15.8 Å². The Morgan fingerprint density at radius 1 is 1.27 bits per heavy atom. The molecular weight excluding hydrogens is 339 g/mol. The van der Waals surface area contributed by atoms with Crippen LogP contribution in [0.15, 0.2) is 42.5 Å². The zero-order valence-corrected chi connectivity index (χ0v) is 14.0. The van der Waals surface area contributed by atoms with E-state index in [1.807, 2.05) is 30.3 Å². The molecular formula is C18H19FN4O3. The Labute approximate surface area is 149 Å². The molecule has 0 bridgehead atoms. The number of nitrogens with zero attached hydrogens (tertiary/aromatic N) is 2. The third-order valence-electron chi connectivity index (χ3n) is 4.81. The number of nitrogens with two attached hydrogens (primary N) is 2. The molecule has 0 unspecified atom stereocenters. The normalized spacial score (nSPS) is 19.5. The van der Waals surface area contributed by atoms with Crippen molar-refractivity contribution in [3.63, 3.8) is 0 Å². The minimum atomic E-state index is -0.872. The third-order valence-corrected chi connectivity index (χ3v) is 4.81. The van der Waals surface area contributed by atoms with E-state index < -0.39 is 22.3 Å². The van der Waals surface area contributed by atoms with Crippen LogP contribution in [0.5, 0.6) is 0 Å². The second-order valence-electron chi connectivity index (χ2n) is 6.37. The first kappa shape index (κ1) is 17.8. The molecule has 1 saturated heterocycles. The number of nitro groups is 1. The fourth-order valence-corrected chi connectivity index (χ4v) is 3.46. The minimum absolute atomic E-state index is 0.0473. The van der Waals surface area contributed by atoms with Crippen molar-refractivity contribution in [3.8, 4) is 0 Å². The Morgan fingerprint density at radius 2 is 1.96 bits per heavy atom. The molecule has 1 aliphatic heterocycles. The number of carbonyl (C=O) groups excluding carboxylic acids is 1. The van der Waals surface area contributed by atoms with Crippen molar-refractivity contribution in [1.29, 1.82) is 0 Å². The van der Waals surface area contributed by atoms with Crippen LogP contribution >= 0.6 is 0 Å². The Morgan fingerprint density at radius 3 is 2.58 bits per heavy atom. The lowest BCUT2D eigenvalue weighted by Crippen LogP contribution is -2.30. The molecule has 0 aliphatic carbocycles. The molecule has 0 saturated carbocycles. The van der Waals surface area contributed by atoms with Crippen LogP contribution in [0.1, 0.15) is 21.8 Å². The number of hydrogen-bond acceptors (Lipinski definition) is 5. The lowest BCUT2D eigenvalue weighted by Gasteiger charge is -2.18. The van der Waals surface area contributed by atoms with Gasteiger partial charge < -0.3 is 16.4 Å². The van der Waals surface area contributed by atoms with Crippen molar-refractivity contribution in [2.75, 3.05) is 25.4 Å². The first-order valence-electron chi connectivity index (χ1n) is 8.20. The molecule has 0 radical (unpaired) electrons. The van der Waals surface area contributed by atoms with Crippen LogP contribution < -0.4 is 11.5 Å². The van der Waals surface area contributed by atoms with Gasteiger partial charge in [0, 0.05) is 19.0 Å². The maximum Gasteiger partial charge on any atom is 0.295 e. The predicted molar refractivity (Wildman–Crippen MR) is 95.1 cm³/mol. The molecule has 0 spiro atoms. The number of benzene rings is 2. The summed E-state index contributed by atoms with van der Waals surface area (Å²) in [7, 11) is 0. The molecule has 0 aromatic heterocycles. The van der Waals surface area contributed by atoms with E-state index in [4.69, 9.17) is 11.5 Å². The van der Waals surface area contributed by atoms with Gasteiger partial charge in [-0.05, 0) is 24.1 Å². The number of halogens is 1. The first-order chi connectivity index (χ1) is 12.4. The second-order valence-corrected chi connectivity index (χ2v) is 6.37. The SMILES string of the molecule is NC[C@@H]1CN(C(=O)c2cc(F)cc([N+](=O)[O-])c2N)C[C@H]1c1ccccc1. The average molecular weight is 358 g/mol. The van der Waals surface area contributed by atoms with Gasteiger partial charge in [0.1, 0.15) is 11.5 Å². The van der Waals surface area contributed by atoms with Crippen LogP contribution in [0.3, 0.4) is 0 Å². The molecule has 4 N–H and O–H groups in total. The van der Waals surface area contributed by atoms with Crippen molar-refractivity contribution in [2.24, 2.45) is 11.7 Å². The monoisotopic (exact) mass is 358 g/mol. The molecule has 3 rings (SSSR count). The van der Waals surface area contributed by atoms with E-state index in [9.17, 15) is 19.3 Å². The van der Waals surface area contributed by atoms with Gasteiger partial charge in [0.05, 0.1) is 16.6 Å². The van der Waals surface area contributed by atoms with Crippen molar-refractivity contribution in [3.05, 3.63) is 69.5 Å². The number of nitro benzene ring substituents is 1. The molecule has 1 fully saturated rings. The number of carbonyl (C=O) groups is 1. The highest BCUT2D eigenvalue weighted by molar-refractivity contribution is 6.01. The molecule has 7 nitrogen and oxygen atoms in total. The Balaban J connectivity index is 1.91. The van der Waals surface area contributed by atoms with Crippen molar-refractivity contribution in [2.45, 2.75) is 5.92 Å². The van der Waals surface area contributed by atoms with Crippen LogP contribution in [0.2, 0.25) is 0 Å². The fourth-order valence-electron chi connectivity index (χ4n) is 3.46. The molecule has 2 aromatic carbocycles. The topological polar surface area (TPSA) is 115 Å². The second kappa shape index (κ2) is 7.09. The third kappa shape index (κ3) is 3.23. The van der Waals surface area contributed by atoms with E-state index in [0.717, 1.165) is 11.6 Å². The van der Waals surface area contributed by atoms with Crippen molar-refractivity contribution in [1.82, 2.24) is 4.90 Å². The van der Waals surface area contributed by atoms with Crippen molar-refractivity contribution >= 4 is 17.3 Å². The maximum atomic E-state index is 13.7. The summed E-state index contributed by atoms with van der Waals surface area (Å²) >= 11 is 0. The van der Waals surface area contributed by atoms with E-state index in [2.05, 4.69) is 0 Å². The van der Waals surface area contributed by atoms with E-state index in [-0.39, 0.29) is 23.1 Å². The number of anilines is 1. The number of hydrogen-bond donors (Lipinski definition) is 2. The van der Waals surface area contributed by atoms with Crippen LogP contribution in [0.25, 0.3) is 0 Å². The summed E-state index contributed by atoms with van der Waals surface area (Å²) in [6.45, 7) is 1.18. The van der Waals surface area contributed by atoms with Crippen LogP contribution in [0, 0.1) is 21.8 Å². The van der Waals surface area contributed by atoms with Gasteiger partial charge in [-0.15, -0.1) is 0 Å². The van der Waals surface area contributed by atoms with Crippen molar-refractivity contribution < 1.29 is 14.1 Å². The quantitative estimate of drug-likeness (QED) is 0.493. The molecule has 8 heteroatoms. The Bertz CT molecular complexity index is 844. The molecule has 1 aliphatic rings. The van der Waals surface area contributed by atoms with Gasteiger partial charge in [-0.3, -0.25) is 14.9 Å². The zero-order valence-electron chi connectivity index (χ0n) is 14.0. The first-order valence-corrected chi connectivity index (χ1v) is 8.20.